The molecule has 0 aliphatic rings. The number of alkyl carbamates (subject to hydrolysis) is 1. The summed E-state index contributed by atoms with van der Waals surface area (Å²) in [5.74, 6) is -0.489. The first-order chi connectivity index (χ1) is 10.5. The highest BCUT2D eigenvalue weighted by Crippen LogP contribution is 2.26. The second-order valence-corrected chi connectivity index (χ2v) is 6.59. The van der Waals surface area contributed by atoms with E-state index in [4.69, 9.17) is 32.8 Å². The van der Waals surface area contributed by atoms with Gasteiger partial charge in [0.1, 0.15) is 11.6 Å². The van der Waals surface area contributed by atoms with Crippen LogP contribution in [0, 0.1) is 0 Å². The van der Waals surface area contributed by atoms with E-state index in [1.54, 1.807) is 32.9 Å². The fourth-order valence-corrected chi connectivity index (χ4v) is 1.98. The Labute approximate surface area is 145 Å². The molecule has 23 heavy (non-hydrogen) atoms. The molecule has 1 rings (SSSR count). The van der Waals surface area contributed by atoms with E-state index in [2.05, 4.69) is 5.32 Å². The lowest BCUT2D eigenvalue weighted by Gasteiger charge is -2.25. The lowest BCUT2D eigenvalue weighted by atomic mass is 10.1. The van der Waals surface area contributed by atoms with Crippen LogP contribution in [0.2, 0.25) is 10.0 Å². The summed E-state index contributed by atoms with van der Waals surface area (Å²) in [4.78, 5) is 29.3. The van der Waals surface area contributed by atoms with Crippen LogP contribution in [0.25, 0.3) is 0 Å². The van der Waals surface area contributed by atoms with Gasteiger partial charge in [-0.2, -0.15) is 0 Å². The SMILES string of the molecule is CON(C)C(=O)C(NC(=O)OC(C)(C)C)c1ccc(Cl)c(Cl)c1. The first kappa shape index (κ1) is 19.5. The number of nitrogens with one attached hydrogen (secondary N) is 1. The molecule has 1 unspecified atom stereocenters. The van der Waals surface area contributed by atoms with E-state index in [0.717, 1.165) is 5.06 Å². The predicted octanol–water partition coefficient (Wildman–Crippen LogP) is 3.58. The van der Waals surface area contributed by atoms with Crippen LogP contribution in [0.1, 0.15) is 32.4 Å². The number of hydrogen-bond donors (Lipinski definition) is 1. The first-order valence-electron chi connectivity index (χ1n) is 6.81. The maximum atomic E-state index is 12.4. The minimum Gasteiger partial charge on any atom is -0.444 e. The number of halogens is 2. The Morgan fingerprint density at radius 1 is 1.22 bits per heavy atom. The third-order valence-corrected chi connectivity index (χ3v) is 3.51. The Morgan fingerprint density at radius 3 is 2.30 bits per heavy atom. The number of carbonyl (C=O) groups is 2. The molecule has 0 aliphatic carbocycles. The largest absolute Gasteiger partial charge is 0.444 e. The van der Waals surface area contributed by atoms with E-state index in [9.17, 15) is 9.59 Å². The van der Waals surface area contributed by atoms with E-state index < -0.39 is 23.6 Å². The van der Waals surface area contributed by atoms with Crippen molar-refractivity contribution in [1.82, 2.24) is 10.4 Å². The van der Waals surface area contributed by atoms with Crippen molar-refractivity contribution >= 4 is 35.2 Å². The summed E-state index contributed by atoms with van der Waals surface area (Å²) in [6, 6.07) is 3.62. The number of nitrogens with zero attached hydrogens (tertiary/aromatic N) is 1. The molecule has 0 fully saturated rings. The molecule has 0 bridgehead atoms. The van der Waals surface area contributed by atoms with Crippen LogP contribution in [-0.4, -0.2) is 36.8 Å². The average molecular weight is 363 g/mol. The van der Waals surface area contributed by atoms with Crippen LogP contribution < -0.4 is 5.32 Å². The zero-order valence-electron chi connectivity index (χ0n) is 13.6. The second kappa shape index (κ2) is 7.86. The van der Waals surface area contributed by atoms with Crippen molar-refractivity contribution in [3.63, 3.8) is 0 Å². The highest BCUT2D eigenvalue weighted by Gasteiger charge is 2.28. The van der Waals surface area contributed by atoms with Crippen molar-refractivity contribution in [1.29, 1.82) is 0 Å². The fourth-order valence-electron chi connectivity index (χ4n) is 1.68. The van der Waals surface area contributed by atoms with Gasteiger partial charge in [-0.1, -0.05) is 29.3 Å². The van der Waals surface area contributed by atoms with Gasteiger partial charge in [-0.05, 0) is 38.5 Å². The highest BCUT2D eigenvalue weighted by atomic mass is 35.5. The summed E-state index contributed by atoms with van der Waals surface area (Å²) in [6.07, 6.45) is -0.730. The molecule has 128 valence electrons. The molecular formula is C15H20Cl2N2O4. The summed E-state index contributed by atoms with van der Waals surface area (Å²) < 4.78 is 5.19. The Hall–Kier alpha value is -1.50. The Balaban J connectivity index is 3.09. The summed E-state index contributed by atoms with van der Waals surface area (Å²) in [7, 11) is 2.78. The van der Waals surface area contributed by atoms with Crippen molar-refractivity contribution in [2.45, 2.75) is 32.4 Å². The van der Waals surface area contributed by atoms with Gasteiger partial charge < -0.3 is 10.1 Å². The summed E-state index contributed by atoms with van der Waals surface area (Å²) in [5, 5.41) is 4.14. The Kier molecular flexibility index (Phi) is 6.68. The topological polar surface area (TPSA) is 67.9 Å². The van der Waals surface area contributed by atoms with Crippen LogP contribution in [0.3, 0.4) is 0 Å². The molecule has 2 amide bonds. The molecule has 0 saturated carbocycles. The predicted molar refractivity (Wildman–Crippen MR) is 88.4 cm³/mol. The third kappa shape index (κ3) is 5.89. The standard InChI is InChI=1S/C15H20Cl2N2O4/c1-15(2,3)23-14(21)18-12(13(20)19(4)22-5)9-6-7-10(16)11(17)8-9/h6-8,12H,1-5H3,(H,18,21). The van der Waals surface area contributed by atoms with Gasteiger partial charge >= 0.3 is 6.09 Å². The molecule has 0 aliphatic heterocycles. The van der Waals surface area contributed by atoms with Crippen LogP contribution in [0.15, 0.2) is 18.2 Å². The van der Waals surface area contributed by atoms with E-state index in [0.29, 0.717) is 10.6 Å². The number of hydrogen-bond acceptors (Lipinski definition) is 4. The number of likely N-dealkylation sites (N-methyl/N-ethyl adjacent to an activating group) is 1. The van der Waals surface area contributed by atoms with E-state index in [1.165, 1.54) is 20.2 Å². The Bertz CT molecular complexity index is 587. The maximum absolute atomic E-state index is 12.4. The average Bonchev–Trinajstić information content (AvgIpc) is 2.44. The molecule has 1 aromatic rings. The van der Waals surface area contributed by atoms with Crippen molar-refractivity contribution in [3.8, 4) is 0 Å². The number of ether oxygens (including phenoxy) is 1. The zero-order valence-corrected chi connectivity index (χ0v) is 15.2. The second-order valence-electron chi connectivity index (χ2n) is 5.77. The summed E-state index contributed by atoms with van der Waals surface area (Å²) >= 11 is 11.9. The maximum Gasteiger partial charge on any atom is 0.408 e. The molecule has 8 heteroatoms. The number of benzene rings is 1. The van der Waals surface area contributed by atoms with Crippen LogP contribution >= 0.6 is 23.2 Å². The van der Waals surface area contributed by atoms with Crippen molar-refractivity contribution in [2.75, 3.05) is 14.2 Å². The van der Waals surface area contributed by atoms with Crippen LogP contribution in [0.5, 0.6) is 0 Å². The van der Waals surface area contributed by atoms with E-state index >= 15 is 0 Å². The molecular weight excluding hydrogens is 343 g/mol. The molecule has 0 saturated heterocycles. The molecule has 1 atom stereocenters. The molecule has 0 radical (unpaired) electrons. The minimum atomic E-state index is -1.02. The van der Waals surface area contributed by atoms with Gasteiger partial charge in [0.15, 0.2) is 0 Å². The van der Waals surface area contributed by atoms with Gasteiger partial charge in [0, 0.05) is 7.05 Å². The minimum absolute atomic E-state index is 0.271. The third-order valence-electron chi connectivity index (χ3n) is 2.77. The van der Waals surface area contributed by atoms with Crippen LogP contribution in [0.4, 0.5) is 4.79 Å². The van der Waals surface area contributed by atoms with Gasteiger partial charge in [0.05, 0.1) is 17.2 Å². The van der Waals surface area contributed by atoms with Gasteiger partial charge in [-0.3, -0.25) is 9.63 Å². The normalized spacial score (nSPS) is 12.5. The lowest BCUT2D eigenvalue weighted by molar-refractivity contribution is -0.171. The molecule has 0 aromatic heterocycles. The van der Waals surface area contributed by atoms with Crippen molar-refractivity contribution in [2.24, 2.45) is 0 Å². The van der Waals surface area contributed by atoms with Gasteiger partial charge in [-0.15, -0.1) is 0 Å². The zero-order chi connectivity index (χ0) is 17.8. The monoisotopic (exact) mass is 362 g/mol. The van der Waals surface area contributed by atoms with E-state index in [1.807, 2.05) is 0 Å². The fraction of sp³-hybridized carbons (Fsp3) is 0.467. The number of rotatable bonds is 4. The Morgan fingerprint density at radius 2 is 1.83 bits per heavy atom. The number of amides is 2. The van der Waals surface area contributed by atoms with Gasteiger partial charge in [0.25, 0.3) is 5.91 Å². The summed E-state index contributed by atoms with van der Waals surface area (Å²) in [6.45, 7) is 5.18. The molecule has 1 aromatic carbocycles. The number of carbonyl (C=O) groups excluding carboxylic acids is 2. The van der Waals surface area contributed by atoms with Gasteiger partial charge in [-0.25, -0.2) is 9.86 Å². The lowest BCUT2D eigenvalue weighted by Crippen LogP contribution is -2.42. The smallest absolute Gasteiger partial charge is 0.408 e. The summed E-state index contributed by atoms with van der Waals surface area (Å²) in [5.41, 5.74) is -0.234. The van der Waals surface area contributed by atoms with Gasteiger partial charge in [0.2, 0.25) is 0 Å². The number of hydroxylamine groups is 2. The van der Waals surface area contributed by atoms with Crippen molar-refractivity contribution in [3.05, 3.63) is 33.8 Å². The molecule has 0 spiro atoms. The van der Waals surface area contributed by atoms with Crippen LogP contribution in [-0.2, 0) is 14.4 Å². The molecule has 1 N–H and O–H groups in total. The highest BCUT2D eigenvalue weighted by molar-refractivity contribution is 6.42. The van der Waals surface area contributed by atoms with Crippen molar-refractivity contribution < 1.29 is 19.2 Å². The molecule has 0 heterocycles. The molecule has 6 nitrogen and oxygen atoms in total. The first-order valence-corrected chi connectivity index (χ1v) is 7.57. The quantitative estimate of drug-likeness (QED) is 0.831. The van der Waals surface area contributed by atoms with E-state index in [-0.39, 0.29) is 5.02 Å².